The number of benzene rings is 2. The molecular formula is C15H13IO4. The first-order valence-corrected chi connectivity index (χ1v) is 6.96. The van der Waals surface area contributed by atoms with E-state index in [1.54, 1.807) is 19.2 Å². The second-order valence-corrected chi connectivity index (χ2v) is 5.25. The molecule has 0 aromatic heterocycles. The molecular weight excluding hydrogens is 371 g/mol. The summed E-state index contributed by atoms with van der Waals surface area (Å²) in [6.07, 6.45) is 0. The highest BCUT2D eigenvalue weighted by Gasteiger charge is 2.08. The summed E-state index contributed by atoms with van der Waals surface area (Å²) in [6.45, 7) is 0.357. The van der Waals surface area contributed by atoms with Gasteiger partial charge in [0.15, 0.2) is 0 Å². The van der Waals surface area contributed by atoms with Crippen molar-refractivity contribution < 1.29 is 19.4 Å². The fraction of sp³-hybridized carbons (Fsp3) is 0.133. The summed E-state index contributed by atoms with van der Waals surface area (Å²) >= 11 is 2.11. The van der Waals surface area contributed by atoms with Crippen LogP contribution in [0.1, 0.15) is 15.9 Å². The van der Waals surface area contributed by atoms with Crippen molar-refractivity contribution in [3.63, 3.8) is 0 Å². The fourth-order valence-electron chi connectivity index (χ4n) is 1.67. The zero-order chi connectivity index (χ0) is 14.5. The molecule has 0 unspecified atom stereocenters. The Morgan fingerprint density at radius 2 is 2.05 bits per heavy atom. The molecule has 0 aliphatic rings. The largest absolute Gasteiger partial charge is 0.497 e. The first-order chi connectivity index (χ1) is 9.60. The van der Waals surface area contributed by atoms with Crippen molar-refractivity contribution in [1.29, 1.82) is 0 Å². The molecule has 2 rings (SSSR count). The number of methoxy groups -OCH3 is 1. The topological polar surface area (TPSA) is 55.8 Å². The predicted molar refractivity (Wildman–Crippen MR) is 83.4 cm³/mol. The van der Waals surface area contributed by atoms with E-state index in [9.17, 15) is 4.79 Å². The third-order valence-corrected chi connectivity index (χ3v) is 3.60. The third-order valence-electron chi connectivity index (χ3n) is 2.71. The molecule has 0 heterocycles. The number of carboxylic acids is 1. The maximum Gasteiger partial charge on any atom is 0.335 e. The van der Waals surface area contributed by atoms with Crippen LogP contribution in [0.25, 0.3) is 0 Å². The van der Waals surface area contributed by atoms with E-state index in [1.807, 2.05) is 24.3 Å². The average molecular weight is 384 g/mol. The highest BCUT2D eigenvalue weighted by molar-refractivity contribution is 14.1. The normalized spacial score (nSPS) is 10.1. The molecule has 20 heavy (non-hydrogen) atoms. The molecule has 5 heteroatoms. The van der Waals surface area contributed by atoms with Crippen LogP contribution in [0.15, 0.2) is 42.5 Å². The number of hydrogen-bond donors (Lipinski definition) is 1. The van der Waals surface area contributed by atoms with E-state index >= 15 is 0 Å². The highest BCUT2D eigenvalue weighted by Crippen LogP contribution is 2.24. The van der Waals surface area contributed by atoms with Crippen molar-refractivity contribution in [3.05, 3.63) is 57.2 Å². The van der Waals surface area contributed by atoms with Crippen LogP contribution in [0.5, 0.6) is 11.5 Å². The fourth-order valence-corrected chi connectivity index (χ4v) is 2.16. The van der Waals surface area contributed by atoms with Gasteiger partial charge in [0, 0.05) is 0 Å². The SMILES string of the molecule is COc1cccc(COc2cc(C(=O)O)ccc2I)c1. The minimum absolute atomic E-state index is 0.214. The highest BCUT2D eigenvalue weighted by atomic mass is 127. The lowest BCUT2D eigenvalue weighted by Crippen LogP contribution is -2.01. The molecule has 0 spiro atoms. The smallest absolute Gasteiger partial charge is 0.335 e. The summed E-state index contributed by atoms with van der Waals surface area (Å²) < 4.78 is 11.7. The number of carbonyl (C=O) groups is 1. The van der Waals surface area contributed by atoms with E-state index in [1.165, 1.54) is 6.07 Å². The molecule has 0 amide bonds. The Kier molecular flexibility index (Phi) is 4.84. The Labute approximate surface area is 130 Å². The zero-order valence-corrected chi connectivity index (χ0v) is 13.0. The number of aromatic carboxylic acids is 1. The first-order valence-electron chi connectivity index (χ1n) is 5.88. The molecule has 0 saturated carbocycles. The van der Waals surface area contributed by atoms with Crippen LogP contribution in [-0.2, 0) is 6.61 Å². The van der Waals surface area contributed by atoms with E-state index in [4.69, 9.17) is 14.6 Å². The zero-order valence-electron chi connectivity index (χ0n) is 10.8. The van der Waals surface area contributed by atoms with E-state index in [-0.39, 0.29) is 5.56 Å². The van der Waals surface area contributed by atoms with Crippen molar-refractivity contribution in [2.24, 2.45) is 0 Å². The summed E-state index contributed by atoms with van der Waals surface area (Å²) in [7, 11) is 1.61. The van der Waals surface area contributed by atoms with Crippen molar-refractivity contribution >= 4 is 28.6 Å². The lowest BCUT2D eigenvalue weighted by atomic mass is 10.2. The second-order valence-electron chi connectivity index (χ2n) is 4.09. The van der Waals surface area contributed by atoms with Gasteiger partial charge < -0.3 is 14.6 Å². The molecule has 0 aliphatic carbocycles. The molecule has 2 aromatic rings. The molecule has 0 saturated heterocycles. The van der Waals surface area contributed by atoms with Crippen molar-refractivity contribution in [1.82, 2.24) is 0 Å². The Morgan fingerprint density at radius 3 is 2.75 bits per heavy atom. The Balaban J connectivity index is 2.13. The van der Waals surface area contributed by atoms with Crippen LogP contribution >= 0.6 is 22.6 Å². The third kappa shape index (κ3) is 3.63. The molecule has 2 aromatic carbocycles. The lowest BCUT2D eigenvalue weighted by molar-refractivity contribution is 0.0696. The van der Waals surface area contributed by atoms with E-state index in [0.29, 0.717) is 12.4 Å². The molecule has 104 valence electrons. The number of carboxylic acid groups (broad SMARTS) is 1. The quantitative estimate of drug-likeness (QED) is 0.801. The maximum atomic E-state index is 10.9. The number of halogens is 1. The Bertz CT molecular complexity index is 625. The standard InChI is InChI=1S/C15H13IO4/c1-19-12-4-2-3-10(7-12)9-20-14-8-11(15(17)18)5-6-13(14)16/h2-8H,9H2,1H3,(H,17,18). The summed E-state index contributed by atoms with van der Waals surface area (Å²) in [6, 6.07) is 12.4. The van der Waals surface area contributed by atoms with Crippen LogP contribution < -0.4 is 9.47 Å². The van der Waals surface area contributed by atoms with Crippen molar-refractivity contribution in [2.45, 2.75) is 6.61 Å². The average Bonchev–Trinajstić information content (AvgIpc) is 2.46. The minimum atomic E-state index is -0.965. The van der Waals surface area contributed by atoms with Gasteiger partial charge in [0.25, 0.3) is 0 Å². The van der Waals surface area contributed by atoms with Crippen LogP contribution in [0.3, 0.4) is 0 Å². The lowest BCUT2D eigenvalue weighted by Gasteiger charge is -2.10. The van der Waals surface area contributed by atoms with Gasteiger partial charge in [-0.3, -0.25) is 0 Å². The van der Waals surface area contributed by atoms with Gasteiger partial charge in [0.2, 0.25) is 0 Å². The molecule has 0 fully saturated rings. The summed E-state index contributed by atoms with van der Waals surface area (Å²) in [5.41, 5.74) is 1.17. The number of ether oxygens (including phenoxy) is 2. The summed E-state index contributed by atoms with van der Waals surface area (Å²) in [4.78, 5) is 10.9. The maximum absolute atomic E-state index is 10.9. The predicted octanol–water partition coefficient (Wildman–Crippen LogP) is 3.58. The number of rotatable bonds is 5. The van der Waals surface area contributed by atoms with Gasteiger partial charge in [-0.1, -0.05) is 12.1 Å². The van der Waals surface area contributed by atoms with Gasteiger partial charge in [-0.15, -0.1) is 0 Å². The van der Waals surface area contributed by atoms with Crippen LogP contribution in [0, 0.1) is 3.57 Å². The molecule has 0 aliphatic heterocycles. The van der Waals surface area contributed by atoms with Gasteiger partial charge >= 0.3 is 5.97 Å². The molecule has 0 bridgehead atoms. The molecule has 0 atom stereocenters. The van der Waals surface area contributed by atoms with Gasteiger partial charge in [0.1, 0.15) is 18.1 Å². The van der Waals surface area contributed by atoms with Gasteiger partial charge in [-0.25, -0.2) is 4.79 Å². The Morgan fingerprint density at radius 1 is 1.25 bits per heavy atom. The van der Waals surface area contributed by atoms with Crippen molar-refractivity contribution in [2.75, 3.05) is 7.11 Å². The summed E-state index contributed by atoms with van der Waals surface area (Å²) in [5, 5.41) is 8.98. The van der Waals surface area contributed by atoms with Crippen LogP contribution in [-0.4, -0.2) is 18.2 Å². The van der Waals surface area contributed by atoms with Gasteiger partial charge in [-0.05, 0) is 58.5 Å². The Hall–Kier alpha value is -1.76. The molecule has 4 nitrogen and oxygen atoms in total. The van der Waals surface area contributed by atoms with E-state index < -0.39 is 5.97 Å². The first kappa shape index (κ1) is 14.6. The van der Waals surface area contributed by atoms with Gasteiger partial charge in [-0.2, -0.15) is 0 Å². The number of hydrogen-bond acceptors (Lipinski definition) is 3. The monoisotopic (exact) mass is 384 g/mol. The van der Waals surface area contributed by atoms with E-state index in [2.05, 4.69) is 22.6 Å². The van der Waals surface area contributed by atoms with Crippen LogP contribution in [0.4, 0.5) is 0 Å². The minimum Gasteiger partial charge on any atom is -0.497 e. The van der Waals surface area contributed by atoms with Crippen LogP contribution in [0.2, 0.25) is 0 Å². The van der Waals surface area contributed by atoms with E-state index in [0.717, 1.165) is 14.9 Å². The molecule has 1 N–H and O–H groups in total. The molecule has 0 radical (unpaired) electrons. The summed E-state index contributed by atoms with van der Waals surface area (Å²) in [5.74, 6) is 0.362. The van der Waals surface area contributed by atoms with Gasteiger partial charge in [0.05, 0.1) is 16.2 Å². The van der Waals surface area contributed by atoms with Crippen molar-refractivity contribution in [3.8, 4) is 11.5 Å². The second kappa shape index (κ2) is 6.60.